The van der Waals surface area contributed by atoms with Gasteiger partial charge in [0.1, 0.15) is 5.75 Å². The Balaban J connectivity index is 1.93. The number of halogens is 4. The molecule has 0 unspecified atom stereocenters. The number of hydrogen-bond acceptors (Lipinski definition) is 7. The molecule has 0 aliphatic heterocycles. The minimum Gasteiger partial charge on any atom is -0.493 e. The number of sulfonamides is 1. The van der Waals surface area contributed by atoms with E-state index in [9.17, 15) is 26.0 Å². The zero-order valence-corrected chi connectivity index (χ0v) is 21.4. The number of hydrogen-bond donors (Lipinski definition) is 1. The summed E-state index contributed by atoms with van der Waals surface area (Å²) in [5, 5.41) is 0. The third-order valence-corrected chi connectivity index (χ3v) is 6.42. The maximum absolute atomic E-state index is 14.8. The molecule has 0 atom stereocenters. The van der Waals surface area contributed by atoms with Crippen molar-refractivity contribution in [3.05, 3.63) is 65.5 Å². The van der Waals surface area contributed by atoms with E-state index in [1.807, 2.05) is 0 Å². The lowest BCUT2D eigenvalue weighted by atomic mass is 10.1. The largest absolute Gasteiger partial charge is 0.573 e. The summed E-state index contributed by atoms with van der Waals surface area (Å²) in [6.45, 7) is 0. The molecule has 13 heteroatoms. The Bertz CT molecular complexity index is 1400. The second kappa shape index (κ2) is 11.5. The van der Waals surface area contributed by atoms with Crippen molar-refractivity contribution in [2.75, 3.05) is 33.2 Å². The predicted octanol–water partition coefficient (Wildman–Crippen LogP) is 5.73. The van der Waals surface area contributed by atoms with Crippen LogP contribution in [0, 0.1) is 5.82 Å². The Morgan fingerprint density at radius 1 is 0.763 bits per heavy atom. The van der Waals surface area contributed by atoms with Crippen molar-refractivity contribution in [2.24, 2.45) is 0 Å². The molecule has 3 aromatic rings. The van der Waals surface area contributed by atoms with Gasteiger partial charge in [0.15, 0.2) is 23.1 Å². The number of nitrogens with one attached hydrogen (secondary N) is 1. The highest BCUT2D eigenvalue weighted by Crippen LogP contribution is 2.39. The maximum Gasteiger partial charge on any atom is 0.573 e. The second-order valence-electron chi connectivity index (χ2n) is 7.50. The molecule has 0 saturated carbocycles. The third kappa shape index (κ3) is 6.79. The zero-order valence-electron chi connectivity index (χ0n) is 20.6. The Kier molecular flexibility index (Phi) is 8.61. The third-order valence-electron chi connectivity index (χ3n) is 5.04. The summed E-state index contributed by atoms with van der Waals surface area (Å²) in [5.74, 6) is -0.655. The number of benzene rings is 3. The fourth-order valence-corrected chi connectivity index (χ4v) is 4.46. The van der Waals surface area contributed by atoms with Gasteiger partial charge in [0.05, 0.1) is 39.0 Å². The molecule has 8 nitrogen and oxygen atoms in total. The van der Waals surface area contributed by atoms with Gasteiger partial charge in [0, 0.05) is 0 Å². The summed E-state index contributed by atoms with van der Waals surface area (Å²) in [7, 11) is 1.20. The first kappa shape index (κ1) is 28.4. The van der Waals surface area contributed by atoms with Gasteiger partial charge in [-0.25, -0.2) is 12.8 Å². The Labute approximate surface area is 216 Å². The summed E-state index contributed by atoms with van der Waals surface area (Å²) in [4.78, 5) is -0.382. The van der Waals surface area contributed by atoms with Crippen LogP contribution in [0.15, 0.2) is 53.4 Å². The molecule has 0 aliphatic rings. The molecule has 1 N–H and O–H groups in total. The highest BCUT2D eigenvalue weighted by Gasteiger charge is 2.31. The molecule has 0 fully saturated rings. The van der Waals surface area contributed by atoms with Gasteiger partial charge in [-0.3, -0.25) is 4.72 Å². The summed E-state index contributed by atoms with van der Waals surface area (Å²) in [6.07, 6.45) is -1.80. The molecule has 3 rings (SSSR count). The lowest BCUT2D eigenvalue weighted by Crippen LogP contribution is -2.17. The molecule has 0 bridgehead atoms. The topological polar surface area (TPSA) is 92.3 Å². The standard InChI is InChI=1S/C25H23F4NO7S/c1-33-21-13-16(14-22(34-2)24(21)36-4)6-5-15-11-19(26)23(35-3)20(12-15)30-38(31,32)18-9-7-17(8-10-18)37-25(27,28)29/h5-14,30H,1-4H3/b6-5-. The normalized spacial score (nSPS) is 11.8. The van der Waals surface area contributed by atoms with Crippen molar-refractivity contribution in [1.29, 1.82) is 0 Å². The number of methoxy groups -OCH3 is 4. The van der Waals surface area contributed by atoms with Gasteiger partial charge in [-0.2, -0.15) is 0 Å². The molecule has 38 heavy (non-hydrogen) atoms. The molecule has 0 aliphatic carbocycles. The van der Waals surface area contributed by atoms with Gasteiger partial charge >= 0.3 is 6.36 Å². The minimum atomic E-state index is -4.93. The van der Waals surface area contributed by atoms with Crippen LogP contribution in [0.5, 0.6) is 28.7 Å². The molecular weight excluding hydrogens is 534 g/mol. The predicted molar refractivity (Wildman–Crippen MR) is 132 cm³/mol. The highest BCUT2D eigenvalue weighted by molar-refractivity contribution is 7.92. The first-order valence-electron chi connectivity index (χ1n) is 10.6. The molecule has 3 aromatic carbocycles. The Morgan fingerprint density at radius 3 is 1.76 bits per heavy atom. The van der Waals surface area contributed by atoms with Gasteiger partial charge < -0.3 is 23.7 Å². The van der Waals surface area contributed by atoms with E-state index < -0.39 is 28.0 Å². The number of ether oxygens (including phenoxy) is 5. The van der Waals surface area contributed by atoms with Gasteiger partial charge in [-0.05, 0) is 59.7 Å². The SMILES string of the molecule is COc1cc(/C=C\c2cc(F)c(OC)c(NS(=O)(=O)c3ccc(OC(F)(F)F)cc3)c2)cc(OC)c1OC. The number of anilines is 1. The first-order chi connectivity index (χ1) is 17.9. The van der Waals surface area contributed by atoms with E-state index in [0.29, 0.717) is 22.8 Å². The summed E-state index contributed by atoms with van der Waals surface area (Å²) in [6, 6.07) is 9.30. The van der Waals surface area contributed by atoms with Crippen LogP contribution in [0.25, 0.3) is 12.2 Å². The summed E-state index contributed by atoms with van der Waals surface area (Å²) in [5.41, 5.74) is 0.648. The molecule has 0 radical (unpaired) electrons. The lowest BCUT2D eigenvalue weighted by Gasteiger charge is -2.14. The monoisotopic (exact) mass is 557 g/mol. The average Bonchev–Trinajstić information content (AvgIpc) is 2.85. The van der Waals surface area contributed by atoms with Crippen molar-refractivity contribution in [2.45, 2.75) is 11.3 Å². The smallest absolute Gasteiger partial charge is 0.493 e. The molecule has 0 saturated heterocycles. The quantitative estimate of drug-likeness (QED) is 0.251. The van der Waals surface area contributed by atoms with Crippen molar-refractivity contribution in [3.8, 4) is 28.7 Å². The minimum absolute atomic E-state index is 0.229. The van der Waals surface area contributed by atoms with Crippen LogP contribution < -0.4 is 28.4 Å². The molecule has 204 valence electrons. The average molecular weight is 558 g/mol. The summed E-state index contributed by atoms with van der Waals surface area (Å²) >= 11 is 0. The zero-order chi connectivity index (χ0) is 28.1. The first-order valence-corrected chi connectivity index (χ1v) is 12.1. The molecule has 0 spiro atoms. The highest BCUT2D eigenvalue weighted by atomic mass is 32.2. The molecular formula is C25H23F4NO7S. The van der Waals surface area contributed by atoms with Gasteiger partial charge in [0.25, 0.3) is 10.0 Å². The van der Waals surface area contributed by atoms with Crippen molar-refractivity contribution in [1.82, 2.24) is 0 Å². The maximum atomic E-state index is 14.8. The van der Waals surface area contributed by atoms with Crippen LogP contribution in [0.4, 0.5) is 23.2 Å². The second-order valence-corrected chi connectivity index (χ2v) is 9.18. The lowest BCUT2D eigenvalue weighted by molar-refractivity contribution is -0.274. The van der Waals surface area contributed by atoms with Crippen molar-refractivity contribution < 1.29 is 49.7 Å². The van der Waals surface area contributed by atoms with E-state index in [0.717, 1.165) is 37.4 Å². The van der Waals surface area contributed by atoms with Crippen LogP contribution >= 0.6 is 0 Å². The van der Waals surface area contributed by atoms with E-state index in [2.05, 4.69) is 9.46 Å². The number of rotatable bonds is 10. The van der Waals surface area contributed by atoms with Crippen LogP contribution in [0.2, 0.25) is 0 Å². The van der Waals surface area contributed by atoms with Crippen LogP contribution in [0.3, 0.4) is 0 Å². The van der Waals surface area contributed by atoms with Crippen LogP contribution in [-0.2, 0) is 10.0 Å². The van der Waals surface area contributed by atoms with Crippen molar-refractivity contribution in [3.63, 3.8) is 0 Å². The Morgan fingerprint density at radius 2 is 1.29 bits per heavy atom. The van der Waals surface area contributed by atoms with Gasteiger partial charge in [-0.15, -0.1) is 13.2 Å². The Hall–Kier alpha value is -4.13. The fourth-order valence-electron chi connectivity index (χ4n) is 3.41. The van der Waals surface area contributed by atoms with E-state index >= 15 is 0 Å². The van der Waals surface area contributed by atoms with Crippen molar-refractivity contribution >= 4 is 27.9 Å². The van der Waals surface area contributed by atoms with E-state index in [-0.39, 0.29) is 21.9 Å². The van der Waals surface area contributed by atoms with E-state index in [1.54, 1.807) is 18.2 Å². The number of alkyl halides is 3. The fraction of sp³-hybridized carbons (Fsp3) is 0.200. The van der Waals surface area contributed by atoms with Crippen LogP contribution in [0.1, 0.15) is 11.1 Å². The molecule has 0 aromatic heterocycles. The van der Waals surface area contributed by atoms with Crippen LogP contribution in [-0.4, -0.2) is 43.2 Å². The molecule has 0 heterocycles. The van der Waals surface area contributed by atoms with E-state index in [4.69, 9.17) is 18.9 Å². The molecule has 0 amide bonds. The van der Waals surface area contributed by atoms with Gasteiger partial charge in [0.2, 0.25) is 5.75 Å². The summed E-state index contributed by atoms with van der Waals surface area (Å²) < 4.78 is 105. The van der Waals surface area contributed by atoms with E-state index in [1.165, 1.54) is 33.5 Å². The van der Waals surface area contributed by atoms with Gasteiger partial charge in [-0.1, -0.05) is 12.2 Å².